The fourth-order valence-corrected chi connectivity index (χ4v) is 2.59. The van der Waals surface area contributed by atoms with Crippen molar-refractivity contribution >= 4 is 29.2 Å². The van der Waals surface area contributed by atoms with Gasteiger partial charge in [-0.05, 0) is 49.0 Å². The highest BCUT2D eigenvalue weighted by Crippen LogP contribution is 2.22. The normalized spacial score (nSPS) is 12.8. The number of alkyl halides is 1. The first-order valence-electron chi connectivity index (χ1n) is 6.78. The van der Waals surface area contributed by atoms with Crippen LogP contribution < -0.4 is 4.90 Å². The Morgan fingerprint density at radius 2 is 2.00 bits per heavy atom. The van der Waals surface area contributed by atoms with Crippen molar-refractivity contribution in [2.75, 3.05) is 24.0 Å². The summed E-state index contributed by atoms with van der Waals surface area (Å²) < 4.78 is 0. The third kappa shape index (κ3) is 4.88. The highest BCUT2D eigenvalue weighted by atomic mass is 35.5. The topological polar surface area (TPSA) is 16.1 Å². The Morgan fingerprint density at radius 3 is 2.53 bits per heavy atom. The molecule has 0 bridgehead atoms. The number of nitrogens with zero attached hydrogens (tertiary/aromatic N) is 2. The molecular formula is C15H25ClN2S. The number of halogens is 1. The van der Waals surface area contributed by atoms with Gasteiger partial charge in [0.15, 0.2) is 0 Å². The summed E-state index contributed by atoms with van der Waals surface area (Å²) in [7, 11) is 2.12. The molecule has 2 nitrogen and oxygen atoms in total. The molecule has 1 rings (SSSR count). The summed E-state index contributed by atoms with van der Waals surface area (Å²) in [4.78, 5) is 7.03. The molecule has 0 aliphatic carbocycles. The Hall–Kier alpha value is -0.410. The van der Waals surface area contributed by atoms with Crippen LogP contribution in [0.4, 0.5) is 5.82 Å². The maximum Gasteiger partial charge on any atom is 0.129 e. The predicted molar refractivity (Wildman–Crippen MR) is 88.7 cm³/mol. The second-order valence-electron chi connectivity index (χ2n) is 5.29. The summed E-state index contributed by atoms with van der Waals surface area (Å²) in [5.74, 6) is 3.19. The van der Waals surface area contributed by atoms with E-state index in [9.17, 15) is 0 Å². The van der Waals surface area contributed by atoms with Gasteiger partial charge in [0.25, 0.3) is 0 Å². The highest BCUT2D eigenvalue weighted by molar-refractivity contribution is 7.98. The van der Waals surface area contributed by atoms with E-state index in [2.05, 4.69) is 51.1 Å². The Morgan fingerprint density at radius 1 is 1.32 bits per heavy atom. The molecular weight excluding hydrogens is 276 g/mol. The first-order valence-corrected chi connectivity index (χ1v) is 8.71. The van der Waals surface area contributed by atoms with Crippen LogP contribution in [0.5, 0.6) is 0 Å². The van der Waals surface area contributed by atoms with Crippen molar-refractivity contribution in [3.63, 3.8) is 0 Å². The largest absolute Gasteiger partial charge is 0.357 e. The summed E-state index contributed by atoms with van der Waals surface area (Å²) in [5, 5.41) is 0. The zero-order valence-electron chi connectivity index (χ0n) is 12.6. The molecule has 0 aliphatic rings. The first-order chi connectivity index (χ1) is 8.99. The van der Waals surface area contributed by atoms with E-state index in [-0.39, 0.29) is 0 Å². The Bertz CT molecular complexity index is 396. The molecule has 0 aromatic carbocycles. The van der Waals surface area contributed by atoms with E-state index in [0.29, 0.717) is 17.8 Å². The van der Waals surface area contributed by atoms with Gasteiger partial charge in [-0.3, -0.25) is 0 Å². The van der Waals surface area contributed by atoms with Crippen LogP contribution in [0.3, 0.4) is 0 Å². The van der Waals surface area contributed by atoms with E-state index in [1.54, 1.807) is 0 Å². The number of hydrogen-bond acceptors (Lipinski definition) is 3. The van der Waals surface area contributed by atoms with Crippen molar-refractivity contribution in [2.24, 2.45) is 0 Å². The van der Waals surface area contributed by atoms with Crippen LogP contribution in [0.15, 0.2) is 12.1 Å². The Labute approximate surface area is 126 Å². The molecule has 0 fully saturated rings. The quantitative estimate of drug-likeness (QED) is 0.689. The molecule has 19 heavy (non-hydrogen) atoms. The number of thioether (sulfide) groups is 1. The molecule has 1 aromatic rings. The van der Waals surface area contributed by atoms with Gasteiger partial charge in [0.1, 0.15) is 5.82 Å². The fraction of sp³-hybridized carbons (Fsp3) is 0.667. The SMILES string of the molecule is CSCCC(C)N(C)c1cc(CCl)cc(C(C)C)n1. The molecule has 1 unspecified atom stereocenters. The maximum atomic E-state index is 5.99. The molecule has 108 valence electrons. The molecule has 0 saturated carbocycles. The van der Waals surface area contributed by atoms with Crippen molar-refractivity contribution in [2.45, 2.75) is 45.0 Å². The van der Waals surface area contributed by atoms with Gasteiger partial charge in [0.2, 0.25) is 0 Å². The van der Waals surface area contributed by atoms with Gasteiger partial charge in [-0.1, -0.05) is 13.8 Å². The summed E-state index contributed by atoms with van der Waals surface area (Å²) in [6.45, 7) is 6.59. The van der Waals surface area contributed by atoms with Gasteiger partial charge in [0, 0.05) is 24.7 Å². The van der Waals surface area contributed by atoms with Gasteiger partial charge in [-0.15, -0.1) is 11.6 Å². The zero-order chi connectivity index (χ0) is 14.4. The van der Waals surface area contributed by atoms with Crippen LogP contribution in [0, 0.1) is 0 Å². The minimum Gasteiger partial charge on any atom is -0.357 e. The first kappa shape index (κ1) is 16.6. The summed E-state index contributed by atoms with van der Waals surface area (Å²) in [5.41, 5.74) is 2.27. The lowest BCUT2D eigenvalue weighted by Gasteiger charge is -2.27. The average molecular weight is 301 g/mol. The van der Waals surface area contributed by atoms with Crippen molar-refractivity contribution in [1.29, 1.82) is 0 Å². The van der Waals surface area contributed by atoms with Crippen LogP contribution in [-0.4, -0.2) is 30.1 Å². The van der Waals surface area contributed by atoms with Crippen LogP contribution in [0.1, 0.15) is 44.4 Å². The standard InChI is InChI=1S/C15H25ClN2S/c1-11(2)14-8-13(10-16)9-15(17-14)18(4)12(3)6-7-19-5/h8-9,11-12H,6-7,10H2,1-5H3. The second kappa shape index (κ2) is 8.01. The summed E-state index contributed by atoms with van der Waals surface area (Å²) in [6, 6.07) is 4.71. The van der Waals surface area contributed by atoms with Crippen LogP contribution in [-0.2, 0) is 5.88 Å². The van der Waals surface area contributed by atoms with Gasteiger partial charge in [-0.2, -0.15) is 11.8 Å². The van der Waals surface area contributed by atoms with E-state index in [4.69, 9.17) is 16.6 Å². The third-order valence-electron chi connectivity index (χ3n) is 3.40. The monoisotopic (exact) mass is 300 g/mol. The van der Waals surface area contributed by atoms with E-state index in [1.807, 2.05) is 11.8 Å². The zero-order valence-corrected chi connectivity index (χ0v) is 14.2. The smallest absolute Gasteiger partial charge is 0.129 e. The molecule has 4 heteroatoms. The Balaban J connectivity index is 2.94. The number of anilines is 1. The second-order valence-corrected chi connectivity index (χ2v) is 6.54. The van der Waals surface area contributed by atoms with Crippen LogP contribution in [0.2, 0.25) is 0 Å². The minimum absolute atomic E-state index is 0.428. The van der Waals surface area contributed by atoms with Gasteiger partial charge in [0.05, 0.1) is 0 Å². The predicted octanol–water partition coefficient (Wildman–Crippen LogP) is 4.52. The molecule has 1 atom stereocenters. The molecule has 1 aromatic heterocycles. The lowest BCUT2D eigenvalue weighted by atomic mass is 10.1. The third-order valence-corrected chi connectivity index (χ3v) is 4.35. The molecule has 0 spiro atoms. The van der Waals surface area contributed by atoms with Gasteiger partial charge >= 0.3 is 0 Å². The van der Waals surface area contributed by atoms with Crippen molar-refractivity contribution in [1.82, 2.24) is 4.98 Å². The lowest BCUT2D eigenvalue weighted by molar-refractivity contribution is 0.658. The maximum absolute atomic E-state index is 5.99. The number of aromatic nitrogens is 1. The van der Waals surface area contributed by atoms with E-state index < -0.39 is 0 Å². The molecule has 0 amide bonds. The lowest BCUT2D eigenvalue weighted by Crippen LogP contribution is -2.30. The van der Waals surface area contributed by atoms with Crippen molar-refractivity contribution in [3.05, 3.63) is 23.4 Å². The van der Waals surface area contributed by atoms with E-state index >= 15 is 0 Å². The van der Waals surface area contributed by atoms with Gasteiger partial charge in [-0.25, -0.2) is 4.98 Å². The van der Waals surface area contributed by atoms with Crippen molar-refractivity contribution < 1.29 is 0 Å². The van der Waals surface area contributed by atoms with E-state index in [0.717, 1.165) is 17.1 Å². The Kier molecular flexibility index (Phi) is 7.01. The molecule has 0 saturated heterocycles. The number of rotatable bonds is 7. The summed E-state index contributed by atoms with van der Waals surface area (Å²) >= 11 is 7.88. The van der Waals surface area contributed by atoms with Crippen LogP contribution >= 0.6 is 23.4 Å². The average Bonchev–Trinajstić information content (AvgIpc) is 2.43. The minimum atomic E-state index is 0.428. The highest BCUT2D eigenvalue weighted by Gasteiger charge is 2.13. The van der Waals surface area contributed by atoms with Crippen LogP contribution in [0.25, 0.3) is 0 Å². The molecule has 1 heterocycles. The molecule has 0 radical (unpaired) electrons. The number of pyridine rings is 1. The molecule has 0 aliphatic heterocycles. The van der Waals surface area contributed by atoms with Gasteiger partial charge < -0.3 is 4.90 Å². The summed E-state index contributed by atoms with van der Waals surface area (Å²) in [6.07, 6.45) is 3.32. The van der Waals surface area contributed by atoms with Crippen molar-refractivity contribution in [3.8, 4) is 0 Å². The number of hydrogen-bond donors (Lipinski definition) is 0. The molecule has 0 N–H and O–H groups in total. The fourth-order valence-electron chi connectivity index (χ4n) is 1.86. The van der Waals surface area contributed by atoms with E-state index in [1.165, 1.54) is 12.2 Å².